The molecule has 6 atom stereocenters. The summed E-state index contributed by atoms with van der Waals surface area (Å²) in [5.74, 6) is 2.86. The van der Waals surface area contributed by atoms with E-state index in [1.54, 1.807) is 0 Å². The first-order valence-corrected chi connectivity index (χ1v) is 9.46. The van der Waals surface area contributed by atoms with Gasteiger partial charge < -0.3 is 4.74 Å². The van der Waals surface area contributed by atoms with E-state index in [1.165, 1.54) is 38.5 Å². The molecule has 1 heterocycles. The van der Waals surface area contributed by atoms with E-state index in [1.807, 2.05) is 0 Å². The first-order valence-electron chi connectivity index (χ1n) is 9.46. The molecule has 0 amide bonds. The molecule has 0 N–H and O–H groups in total. The van der Waals surface area contributed by atoms with Gasteiger partial charge in [0.05, 0.1) is 12.2 Å². The molecule has 1 aliphatic heterocycles. The third kappa shape index (κ3) is 1.53. The minimum Gasteiger partial charge on any atom is -0.369 e. The molecule has 2 bridgehead atoms. The van der Waals surface area contributed by atoms with Crippen LogP contribution in [0.1, 0.15) is 72.1 Å². The smallest absolute Gasteiger partial charge is 0.134 e. The molecule has 1 saturated heterocycles. The van der Waals surface area contributed by atoms with Gasteiger partial charge in [-0.2, -0.15) is 0 Å². The highest BCUT2D eigenvalue weighted by molar-refractivity contribution is 5.81. The van der Waals surface area contributed by atoms with Gasteiger partial charge in [-0.3, -0.25) is 4.79 Å². The van der Waals surface area contributed by atoms with Crippen molar-refractivity contribution in [2.45, 2.75) is 77.7 Å². The first-order chi connectivity index (χ1) is 10.3. The van der Waals surface area contributed by atoms with E-state index in [9.17, 15) is 4.79 Å². The lowest BCUT2D eigenvalue weighted by Gasteiger charge is -2.63. The summed E-state index contributed by atoms with van der Waals surface area (Å²) in [7, 11) is 0. The van der Waals surface area contributed by atoms with E-state index in [2.05, 4.69) is 20.8 Å². The normalized spacial score (nSPS) is 58.3. The van der Waals surface area contributed by atoms with Crippen LogP contribution in [0.3, 0.4) is 0 Å². The Morgan fingerprint density at radius 1 is 1.05 bits per heavy atom. The Kier molecular flexibility index (Phi) is 2.43. The molecular weight excluding hydrogens is 272 g/mol. The lowest BCUT2D eigenvalue weighted by atomic mass is 9.41. The van der Waals surface area contributed by atoms with Crippen molar-refractivity contribution >= 4 is 5.78 Å². The largest absolute Gasteiger partial charge is 0.369 e. The summed E-state index contributed by atoms with van der Waals surface area (Å²) < 4.78 is 5.98. The molecule has 2 nitrogen and oxygen atoms in total. The average Bonchev–Trinajstić information content (AvgIpc) is 3.11. The zero-order valence-electron chi connectivity index (χ0n) is 14.4. The second kappa shape index (κ2) is 3.82. The van der Waals surface area contributed by atoms with E-state index in [0.717, 1.165) is 37.2 Å². The van der Waals surface area contributed by atoms with Crippen LogP contribution in [0.4, 0.5) is 0 Å². The number of ether oxygens (including phenoxy) is 1. The maximum Gasteiger partial charge on any atom is 0.134 e. The lowest BCUT2D eigenvalue weighted by molar-refractivity contribution is -0.161. The molecule has 0 radical (unpaired) electrons. The Labute approximate surface area is 134 Å². The predicted octanol–water partition coefficient (Wildman–Crippen LogP) is 4.37. The fraction of sp³-hybridized carbons (Fsp3) is 0.950. The number of ketones is 1. The summed E-state index contributed by atoms with van der Waals surface area (Å²) in [6.07, 6.45) is 9.82. The Balaban J connectivity index is 1.57. The van der Waals surface area contributed by atoms with Gasteiger partial charge >= 0.3 is 0 Å². The Morgan fingerprint density at radius 3 is 2.55 bits per heavy atom. The van der Waals surface area contributed by atoms with Crippen LogP contribution < -0.4 is 0 Å². The predicted molar refractivity (Wildman–Crippen MR) is 85.4 cm³/mol. The van der Waals surface area contributed by atoms with Crippen molar-refractivity contribution in [1.29, 1.82) is 0 Å². The van der Waals surface area contributed by atoms with Crippen molar-refractivity contribution in [3.8, 4) is 0 Å². The third-order valence-electron chi connectivity index (χ3n) is 8.80. The molecule has 22 heavy (non-hydrogen) atoms. The van der Waals surface area contributed by atoms with Crippen molar-refractivity contribution in [3.63, 3.8) is 0 Å². The van der Waals surface area contributed by atoms with Crippen molar-refractivity contribution < 1.29 is 9.53 Å². The average molecular weight is 302 g/mol. The fourth-order valence-corrected chi connectivity index (χ4v) is 8.27. The van der Waals surface area contributed by atoms with Crippen LogP contribution in [-0.4, -0.2) is 18.0 Å². The molecule has 4 aliphatic carbocycles. The number of epoxide rings is 1. The van der Waals surface area contributed by atoms with E-state index >= 15 is 0 Å². The first kappa shape index (κ1) is 14.0. The van der Waals surface area contributed by atoms with Crippen molar-refractivity contribution in [1.82, 2.24) is 0 Å². The van der Waals surface area contributed by atoms with Crippen LogP contribution in [0.5, 0.6) is 0 Å². The summed E-state index contributed by atoms with van der Waals surface area (Å²) >= 11 is 0. The molecular formula is C20H30O2. The molecule has 5 aliphatic rings. The molecule has 5 rings (SSSR count). The van der Waals surface area contributed by atoms with Crippen molar-refractivity contribution in [3.05, 3.63) is 0 Å². The summed E-state index contributed by atoms with van der Waals surface area (Å²) in [6.45, 7) is 8.23. The Bertz CT molecular complexity index is 546. The van der Waals surface area contributed by atoms with Gasteiger partial charge in [-0.1, -0.05) is 20.8 Å². The van der Waals surface area contributed by atoms with E-state index in [4.69, 9.17) is 4.74 Å². The maximum atomic E-state index is 12.5. The van der Waals surface area contributed by atoms with Crippen LogP contribution in [0.15, 0.2) is 0 Å². The molecule has 5 fully saturated rings. The van der Waals surface area contributed by atoms with Crippen molar-refractivity contribution in [2.75, 3.05) is 6.61 Å². The summed E-state index contributed by atoms with van der Waals surface area (Å²) in [4.78, 5) is 12.5. The molecule has 0 aromatic rings. The molecule has 122 valence electrons. The Hall–Kier alpha value is -0.370. The van der Waals surface area contributed by atoms with Crippen LogP contribution in [0.25, 0.3) is 0 Å². The highest BCUT2D eigenvalue weighted by Crippen LogP contribution is 2.74. The quantitative estimate of drug-likeness (QED) is 0.622. The van der Waals surface area contributed by atoms with E-state index < -0.39 is 0 Å². The third-order valence-corrected chi connectivity index (χ3v) is 8.80. The number of carbonyl (C=O) groups excluding carboxylic acids is 1. The standard InChI is InChI=1S/C20H30O2/c1-17(2)9-14(21)10-18(3)15(17)6-7-19-8-13(4-5-16(18)19)20(11-19)12-22-20/h13,15-16H,4-12H2,1-3H3/t13-,15-,16+,18-,19+,20+/m1/s1. The maximum absolute atomic E-state index is 12.5. The van der Waals surface area contributed by atoms with Crippen LogP contribution in [-0.2, 0) is 9.53 Å². The minimum absolute atomic E-state index is 0.203. The van der Waals surface area contributed by atoms with E-state index in [-0.39, 0.29) is 16.4 Å². The zero-order chi connectivity index (χ0) is 15.4. The van der Waals surface area contributed by atoms with Gasteiger partial charge in [0.2, 0.25) is 0 Å². The van der Waals surface area contributed by atoms with E-state index in [0.29, 0.717) is 11.2 Å². The number of Topliss-reactive ketones (excluding diaryl/α,β-unsaturated/α-hetero) is 1. The second-order valence-corrected chi connectivity index (χ2v) is 10.4. The minimum atomic E-state index is 0.203. The number of carbonyl (C=O) groups is 1. The number of rotatable bonds is 0. The van der Waals surface area contributed by atoms with Gasteiger partial charge in [0, 0.05) is 12.8 Å². The Morgan fingerprint density at radius 2 is 1.82 bits per heavy atom. The highest BCUT2D eigenvalue weighted by atomic mass is 16.6. The van der Waals surface area contributed by atoms with Crippen molar-refractivity contribution in [2.24, 2.45) is 34.0 Å². The van der Waals surface area contributed by atoms with Gasteiger partial charge in [-0.15, -0.1) is 0 Å². The molecule has 2 spiro atoms. The van der Waals surface area contributed by atoms with Crippen LogP contribution in [0, 0.1) is 34.0 Å². The topological polar surface area (TPSA) is 29.6 Å². The van der Waals surface area contributed by atoms with Crippen LogP contribution >= 0.6 is 0 Å². The highest BCUT2D eigenvalue weighted by Gasteiger charge is 2.71. The molecule has 0 aromatic heterocycles. The SMILES string of the molecule is CC1(C)CC(=O)C[C@]2(C)[C@@H]1CC[C@@]13C[C@@H](CC[C@H]12)[C@@]1(CO1)C3. The van der Waals surface area contributed by atoms with Gasteiger partial charge in [0.1, 0.15) is 5.78 Å². The van der Waals surface area contributed by atoms with Gasteiger partial charge in [0.15, 0.2) is 0 Å². The number of hydrogen-bond donors (Lipinski definition) is 0. The zero-order valence-corrected chi connectivity index (χ0v) is 14.4. The molecule has 0 unspecified atom stereocenters. The second-order valence-electron chi connectivity index (χ2n) is 10.4. The van der Waals surface area contributed by atoms with Gasteiger partial charge in [-0.05, 0) is 72.5 Å². The monoisotopic (exact) mass is 302 g/mol. The van der Waals surface area contributed by atoms with Gasteiger partial charge in [-0.25, -0.2) is 0 Å². The molecule has 4 saturated carbocycles. The van der Waals surface area contributed by atoms with Crippen LogP contribution in [0.2, 0.25) is 0 Å². The summed E-state index contributed by atoms with van der Waals surface area (Å²) in [5.41, 5.74) is 1.25. The lowest BCUT2D eigenvalue weighted by Crippen LogP contribution is -2.57. The molecule has 2 heteroatoms. The number of hydrogen-bond acceptors (Lipinski definition) is 2. The van der Waals surface area contributed by atoms with Gasteiger partial charge in [0.25, 0.3) is 0 Å². The number of fused-ring (bicyclic) bond motifs is 4. The fourth-order valence-electron chi connectivity index (χ4n) is 8.27. The summed E-state index contributed by atoms with van der Waals surface area (Å²) in [6, 6.07) is 0. The summed E-state index contributed by atoms with van der Waals surface area (Å²) in [5, 5.41) is 0. The molecule has 0 aromatic carbocycles.